The molecular formula is C15H30N2. The molecule has 2 aliphatic rings. The zero-order valence-corrected chi connectivity index (χ0v) is 12.0. The third-order valence-electron chi connectivity index (χ3n) is 5.07. The van der Waals surface area contributed by atoms with Crippen LogP contribution in [-0.4, -0.2) is 36.6 Å². The highest BCUT2D eigenvalue weighted by Crippen LogP contribution is 2.30. The number of rotatable bonds is 4. The van der Waals surface area contributed by atoms with E-state index < -0.39 is 0 Å². The van der Waals surface area contributed by atoms with Gasteiger partial charge < -0.3 is 5.32 Å². The first-order valence-electron chi connectivity index (χ1n) is 7.55. The Morgan fingerprint density at radius 3 is 2.76 bits per heavy atom. The fraction of sp³-hybridized carbons (Fsp3) is 1.00. The fourth-order valence-corrected chi connectivity index (χ4v) is 3.54. The number of likely N-dealkylation sites (tertiary alicyclic amines) is 1. The van der Waals surface area contributed by atoms with E-state index in [1.54, 1.807) is 0 Å². The van der Waals surface area contributed by atoms with E-state index in [0.29, 0.717) is 5.54 Å². The molecule has 2 heteroatoms. The molecule has 17 heavy (non-hydrogen) atoms. The molecule has 2 atom stereocenters. The Hall–Kier alpha value is -0.0800. The SMILES string of the molecule is CC(CCN1CCCC1(C)C)C1CCCNC1. The van der Waals surface area contributed by atoms with Crippen molar-refractivity contribution in [2.45, 2.75) is 58.4 Å². The second-order valence-electron chi connectivity index (χ2n) is 6.78. The summed E-state index contributed by atoms with van der Waals surface area (Å²) < 4.78 is 0. The molecule has 0 radical (unpaired) electrons. The van der Waals surface area contributed by atoms with Gasteiger partial charge in [0, 0.05) is 5.54 Å². The molecule has 0 aromatic carbocycles. The van der Waals surface area contributed by atoms with Crippen molar-refractivity contribution < 1.29 is 0 Å². The van der Waals surface area contributed by atoms with Crippen molar-refractivity contribution in [3.63, 3.8) is 0 Å². The van der Waals surface area contributed by atoms with E-state index >= 15 is 0 Å². The first-order chi connectivity index (χ1) is 8.09. The van der Waals surface area contributed by atoms with Gasteiger partial charge in [0.1, 0.15) is 0 Å². The highest BCUT2D eigenvalue weighted by atomic mass is 15.2. The summed E-state index contributed by atoms with van der Waals surface area (Å²) in [6, 6.07) is 0. The Balaban J connectivity index is 1.73. The topological polar surface area (TPSA) is 15.3 Å². The number of hydrogen-bond acceptors (Lipinski definition) is 2. The summed E-state index contributed by atoms with van der Waals surface area (Å²) in [5, 5.41) is 3.55. The van der Waals surface area contributed by atoms with Crippen molar-refractivity contribution in [1.29, 1.82) is 0 Å². The molecule has 2 nitrogen and oxygen atoms in total. The van der Waals surface area contributed by atoms with Gasteiger partial charge in [0.25, 0.3) is 0 Å². The quantitative estimate of drug-likeness (QED) is 0.810. The van der Waals surface area contributed by atoms with Gasteiger partial charge in [-0.3, -0.25) is 4.90 Å². The van der Waals surface area contributed by atoms with Crippen molar-refractivity contribution in [1.82, 2.24) is 10.2 Å². The second-order valence-corrected chi connectivity index (χ2v) is 6.78. The van der Waals surface area contributed by atoms with Crippen LogP contribution in [0.4, 0.5) is 0 Å². The Morgan fingerprint density at radius 2 is 2.18 bits per heavy atom. The minimum Gasteiger partial charge on any atom is -0.316 e. The van der Waals surface area contributed by atoms with Crippen molar-refractivity contribution >= 4 is 0 Å². The minimum absolute atomic E-state index is 0.463. The molecule has 0 spiro atoms. The zero-order chi connectivity index (χ0) is 12.3. The number of nitrogens with zero attached hydrogens (tertiary/aromatic N) is 1. The van der Waals surface area contributed by atoms with E-state index in [-0.39, 0.29) is 0 Å². The van der Waals surface area contributed by atoms with Gasteiger partial charge in [-0.05, 0) is 84.0 Å². The van der Waals surface area contributed by atoms with Gasteiger partial charge >= 0.3 is 0 Å². The molecule has 2 unspecified atom stereocenters. The molecule has 2 rings (SSSR count). The van der Waals surface area contributed by atoms with Crippen molar-refractivity contribution in [2.24, 2.45) is 11.8 Å². The summed E-state index contributed by atoms with van der Waals surface area (Å²) >= 11 is 0. The maximum atomic E-state index is 3.55. The number of hydrogen-bond donors (Lipinski definition) is 1. The van der Waals surface area contributed by atoms with Crippen molar-refractivity contribution in [3.05, 3.63) is 0 Å². The van der Waals surface area contributed by atoms with Crippen LogP contribution in [0, 0.1) is 11.8 Å². The predicted molar refractivity (Wildman–Crippen MR) is 74.3 cm³/mol. The molecule has 0 amide bonds. The van der Waals surface area contributed by atoms with E-state index in [1.807, 2.05) is 0 Å². The van der Waals surface area contributed by atoms with Crippen LogP contribution < -0.4 is 5.32 Å². The molecule has 1 N–H and O–H groups in total. The third kappa shape index (κ3) is 3.45. The Kier molecular flexibility index (Phi) is 4.48. The summed E-state index contributed by atoms with van der Waals surface area (Å²) in [4.78, 5) is 2.71. The minimum atomic E-state index is 0.463. The smallest absolute Gasteiger partial charge is 0.0153 e. The van der Waals surface area contributed by atoms with Crippen LogP contribution in [0.1, 0.15) is 52.9 Å². The number of piperidine rings is 1. The molecule has 2 heterocycles. The van der Waals surface area contributed by atoms with Crippen LogP contribution >= 0.6 is 0 Å². The van der Waals surface area contributed by atoms with Gasteiger partial charge in [-0.2, -0.15) is 0 Å². The zero-order valence-electron chi connectivity index (χ0n) is 12.0. The first-order valence-corrected chi connectivity index (χ1v) is 7.55. The van der Waals surface area contributed by atoms with E-state index in [0.717, 1.165) is 11.8 Å². The lowest BCUT2D eigenvalue weighted by atomic mass is 9.85. The van der Waals surface area contributed by atoms with Crippen LogP contribution in [-0.2, 0) is 0 Å². The molecule has 0 aromatic rings. The molecule has 100 valence electrons. The second kappa shape index (κ2) is 5.71. The Bertz CT molecular complexity index is 231. The monoisotopic (exact) mass is 238 g/mol. The third-order valence-corrected chi connectivity index (χ3v) is 5.07. The highest BCUT2D eigenvalue weighted by molar-refractivity contribution is 4.88. The van der Waals surface area contributed by atoms with Gasteiger partial charge in [0.15, 0.2) is 0 Å². The van der Waals surface area contributed by atoms with Gasteiger partial charge in [-0.15, -0.1) is 0 Å². The maximum absolute atomic E-state index is 3.55. The molecule has 0 bridgehead atoms. The molecule has 2 aliphatic heterocycles. The van der Waals surface area contributed by atoms with Gasteiger partial charge in [-0.25, -0.2) is 0 Å². The summed E-state index contributed by atoms with van der Waals surface area (Å²) in [5.74, 6) is 1.81. The van der Waals surface area contributed by atoms with Gasteiger partial charge in [0.2, 0.25) is 0 Å². The van der Waals surface area contributed by atoms with Crippen LogP contribution in [0.3, 0.4) is 0 Å². The molecule has 2 saturated heterocycles. The lowest BCUT2D eigenvalue weighted by Crippen LogP contribution is -2.40. The fourth-order valence-electron chi connectivity index (χ4n) is 3.54. The molecule has 0 aromatic heterocycles. The largest absolute Gasteiger partial charge is 0.316 e. The lowest BCUT2D eigenvalue weighted by Gasteiger charge is -2.34. The average molecular weight is 238 g/mol. The van der Waals surface area contributed by atoms with E-state index in [2.05, 4.69) is 31.0 Å². The van der Waals surface area contributed by atoms with Crippen molar-refractivity contribution in [3.8, 4) is 0 Å². The van der Waals surface area contributed by atoms with E-state index in [1.165, 1.54) is 58.3 Å². The summed E-state index contributed by atoms with van der Waals surface area (Å²) in [6.45, 7) is 12.4. The molecule has 2 fully saturated rings. The molecule has 0 aliphatic carbocycles. The van der Waals surface area contributed by atoms with Gasteiger partial charge in [0.05, 0.1) is 0 Å². The van der Waals surface area contributed by atoms with E-state index in [9.17, 15) is 0 Å². The van der Waals surface area contributed by atoms with Crippen molar-refractivity contribution in [2.75, 3.05) is 26.2 Å². The lowest BCUT2D eigenvalue weighted by molar-refractivity contribution is 0.151. The number of nitrogens with one attached hydrogen (secondary N) is 1. The summed E-state index contributed by atoms with van der Waals surface area (Å²) in [7, 11) is 0. The summed E-state index contributed by atoms with van der Waals surface area (Å²) in [6.07, 6.45) is 6.98. The normalized spacial score (nSPS) is 31.6. The Labute approximate surface area is 107 Å². The molecule has 0 saturated carbocycles. The van der Waals surface area contributed by atoms with Crippen LogP contribution in [0.15, 0.2) is 0 Å². The van der Waals surface area contributed by atoms with Crippen LogP contribution in [0.2, 0.25) is 0 Å². The first kappa shape index (κ1) is 13.4. The van der Waals surface area contributed by atoms with Crippen LogP contribution in [0.25, 0.3) is 0 Å². The summed E-state index contributed by atoms with van der Waals surface area (Å²) in [5.41, 5.74) is 0.463. The Morgan fingerprint density at radius 1 is 1.35 bits per heavy atom. The van der Waals surface area contributed by atoms with E-state index in [4.69, 9.17) is 0 Å². The average Bonchev–Trinajstić information content (AvgIpc) is 2.66. The predicted octanol–water partition coefficient (Wildman–Crippen LogP) is 2.89. The van der Waals surface area contributed by atoms with Crippen LogP contribution in [0.5, 0.6) is 0 Å². The van der Waals surface area contributed by atoms with Gasteiger partial charge in [-0.1, -0.05) is 6.92 Å². The standard InChI is InChI=1S/C15H30N2/c1-13(14-6-4-9-16-12-14)7-11-17-10-5-8-15(17,2)3/h13-14,16H,4-12H2,1-3H3. The maximum Gasteiger partial charge on any atom is 0.0153 e. The molecular weight excluding hydrogens is 208 g/mol. The highest BCUT2D eigenvalue weighted by Gasteiger charge is 2.32.